The average molecular weight is 427 g/mol. The Labute approximate surface area is 175 Å². The van der Waals surface area contributed by atoms with E-state index in [2.05, 4.69) is 10.3 Å². The molecule has 1 aromatic rings. The summed E-state index contributed by atoms with van der Waals surface area (Å²) in [6.07, 6.45) is 5.23. The molecule has 5 N–H and O–H groups in total. The molecule has 1 saturated heterocycles. The second-order valence-electron chi connectivity index (χ2n) is 7.63. The largest absolute Gasteiger partial charge is 0.481 e. The summed E-state index contributed by atoms with van der Waals surface area (Å²) in [7, 11) is 0. The van der Waals surface area contributed by atoms with E-state index in [0.717, 1.165) is 55.9 Å². The maximum Gasteiger partial charge on any atom is 0.351 e. The molecule has 2 heterocycles. The predicted molar refractivity (Wildman–Crippen MR) is 109 cm³/mol. The van der Waals surface area contributed by atoms with Crippen LogP contribution in [0.25, 0.3) is 0 Å². The van der Waals surface area contributed by atoms with Gasteiger partial charge in [-0.3, -0.25) is 9.36 Å². The fourth-order valence-corrected chi connectivity index (χ4v) is 3.49. The second kappa shape index (κ2) is 12.6. The van der Waals surface area contributed by atoms with E-state index in [4.69, 9.17) is 14.9 Å². The van der Waals surface area contributed by atoms with Gasteiger partial charge in [0.1, 0.15) is 24.1 Å². The molecule has 0 amide bonds. The predicted octanol–water partition coefficient (Wildman–Crippen LogP) is 0.862. The van der Waals surface area contributed by atoms with Crippen molar-refractivity contribution in [3.8, 4) is 0 Å². The summed E-state index contributed by atoms with van der Waals surface area (Å²) in [5.74, 6) is -0.297. The van der Waals surface area contributed by atoms with Crippen molar-refractivity contribution in [2.75, 3.05) is 18.5 Å². The number of carbonyl (C=O) groups is 1. The summed E-state index contributed by atoms with van der Waals surface area (Å²) >= 11 is 0. The SMILES string of the molecule is O=C(O)CCCCCCCCCCNc1ccn([C@@H]2O[C@H](CO)[C@@H](O)[C@@H]2O)c(=O)n1. The van der Waals surface area contributed by atoms with Crippen molar-refractivity contribution in [1.82, 2.24) is 9.55 Å². The fourth-order valence-electron chi connectivity index (χ4n) is 3.49. The molecular formula is C20H33N3O7. The molecule has 10 nitrogen and oxygen atoms in total. The van der Waals surface area contributed by atoms with Crippen LogP contribution in [0.3, 0.4) is 0 Å². The number of aliphatic carboxylic acids is 1. The van der Waals surface area contributed by atoms with Gasteiger partial charge in [0.15, 0.2) is 6.23 Å². The molecule has 0 radical (unpaired) electrons. The van der Waals surface area contributed by atoms with Crippen molar-refractivity contribution in [1.29, 1.82) is 0 Å². The van der Waals surface area contributed by atoms with Gasteiger partial charge in [-0.25, -0.2) is 4.79 Å². The van der Waals surface area contributed by atoms with E-state index in [1.807, 2.05) is 0 Å². The lowest BCUT2D eigenvalue weighted by Gasteiger charge is -2.17. The van der Waals surface area contributed by atoms with Crippen LogP contribution in [0.4, 0.5) is 5.82 Å². The minimum atomic E-state index is -1.32. The van der Waals surface area contributed by atoms with E-state index >= 15 is 0 Å². The highest BCUT2D eigenvalue weighted by molar-refractivity contribution is 5.66. The number of carboxylic acid groups (broad SMARTS) is 1. The zero-order chi connectivity index (χ0) is 21.9. The van der Waals surface area contributed by atoms with Crippen LogP contribution in [-0.2, 0) is 9.53 Å². The molecule has 1 fully saturated rings. The minimum Gasteiger partial charge on any atom is -0.481 e. The molecule has 0 aromatic carbocycles. The minimum absolute atomic E-state index is 0.254. The van der Waals surface area contributed by atoms with Crippen molar-refractivity contribution in [3.63, 3.8) is 0 Å². The zero-order valence-corrected chi connectivity index (χ0v) is 17.2. The van der Waals surface area contributed by atoms with Gasteiger partial charge in [0, 0.05) is 19.2 Å². The Balaban J connectivity index is 1.63. The van der Waals surface area contributed by atoms with E-state index in [-0.39, 0.29) is 6.42 Å². The lowest BCUT2D eigenvalue weighted by Crippen LogP contribution is -2.36. The van der Waals surface area contributed by atoms with Crippen molar-refractivity contribution in [3.05, 3.63) is 22.7 Å². The summed E-state index contributed by atoms with van der Waals surface area (Å²) in [5.41, 5.74) is -0.613. The summed E-state index contributed by atoms with van der Waals surface area (Å²) in [6.45, 7) is 0.226. The summed E-state index contributed by atoms with van der Waals surface area (Å²) in [6, 6.07) is 1.60. The number of aliphatic hydroxyl groups excluding tert-OH is 3. The van der Waals surface area contributed by atoms with Gasteiger partial charge >= 0.3 is 11.7 Å². The lowest BCUT2D eigenvalue weighted by atomic mass is 10.1. The molecule has 1 aromatic heterocycles. The highest BCUT2D eigenvalue weighted by Crippen LogP contribution is 2.28. The number of nitrogens with zero attached hydrogens (tertiary/aromatic N) is 2. The third-order valence-electron chi connectivity index (χ3n) is 5.24. The number of unbranched alkanes of at least 4 members (excludes halogenated alkanes) is 7. The van der Waals surface area contributed by atoms with Crippen LogP contribution < -0.4 is 11.0 Å². The van der Waals surface area contributed by atoms with E-state index < -0.39 is 42.8 Å². The van der Waals surface area contributed by atoms with Gasteiger partial charge in [-0.15, -0.1) is 0 Å². The zero-order valence-electron chi connectivity index (χ0n) is 17.2. The monoisotopic (exact) mass is 427 g/mol. The Morgan fingerprint density at radius 3 is 2.27 bits per heavy atom. The molecule has 2 rings (SSSR count). The third kappa shape index (κ3) is 7.35. The third-order valence-corrected chi connectivity index (χ3v) is 5.24. The molecule has 0 aliphatic carbocycles. The molecule has 0 bridgehead atoms. The molecular weight excluding hydrogens is 394 g/mol. The van der Waals surface area contributed by atoms with Crippen molar-refractivity contribution in [2.24, 2.45) is 0 Å². The first-order valence-corrected chi connectivity index (χ1v) is 10.6. The van der Waals surface area contributed by atoms with Crippen LogP contribution in [0.5, 0.6) is 0 Å². The maximum absolute atomic E-state index is 12.2. The highest BCUT2D eigenvalue weighted by atomic mass is 16.6. The van der Waals surface area contributed by atoms with E-state index in [1.54, 1.807) is 6.07 Å². The molecule has 1 aliphatic heterocycles. The van der Waals surface area contributed by atoms with Crippen LogP contribution in [0.15, 0.2) is 17.1 Å². The van der Waals surface area contributed by atoms with Crippen molar-refractivity contribution in [2.45, 2.75) is 82.3 Å². The van der Waals surface area contributed by atoms with Gasteiger partial charge in [-0.2, -0.15) is 4.98 Å². The van der Waals surface area contributed by atoms with Crippen LogP contribution in [-0.4, -0.2) is 67.4 Å². The molecule has 1 aliphatic rings. The first-order chi connectivity index (χ1) is 14.4. The molecule has 0 unspecified atom stereocenters. The van der Waals surface area contributed by atoms with Gasteiger partial charge in [0.05, 0.1) is 6.61 Å². The molecule has 4 atom stereocenters. The first kappa shape index (κ1) is 24.3. The quantitative estimate of drug-likeness (QED) is 0.272. The van der Waals surface area contributed by atoms with Crippen molar-refractivity contribution >= 4 is 11.8 Å². The van der Waals surface area contributed by atoms with Gasteiger partial charge in [0.2, 0.25) is 0 Å². The summed E-state index contributed by atoms with van der Waals surface area (Å²) in [5, 5.41) is 40.6. The maximum atomic E-state index is 12.2. The van der Waals surface area contributed by atoms with Crippen molar-refractivity contribution < 1.29 is 30.0 Å². The Hall–Kier alpha value is -2.01. The molecule has 0 saturated carbocycles. The number of rotatable bonds is 14. The average Bonchev–Trinajstić information content (AvgIpc) is 3.00. The Kier molecular flexibility index (Phi) is 10.2. The number of aromatic nitrogens is 2. The van der Waals surface area contributed by atoms with Crippen LogP contribution in [0.1, 0.15) is 64.0 Å². The van der Waals surface area contributed by atoms with Crippen LogP contribution in [0, 0.1) is 0 Å². The highest BCUT2D eigenvalue weighted by Gasteiger charge is 2.43. The van der Waals surface area contributed by atoms with Gasteiger partial charge < -0.3 is 30.5 Å². The normalized spacial score (nSPS) is 23.6. The second-order valence-corrected chi connectivity index (χ2v) is 7.63. The number of carboxylic acids is 1. The van der Waals surface area contributed by atoms with E-state index in [1.165, 1.54) is 6.20 Å². The van der Waals surface area contributed by atoms with Gasteiger partial charge in [-0.1, -0.05) is 38.5 Å². The van der Waals surface area contributed by atoms with Gasteiger partial charge in [0.25, 0.3) is 0 Å². The molecule has 0 spiro atoms. The van der Waals surface area contributed by atoms with Gasteiger partial charge in [-0.05, 0) is 18.9 Å². The molecule has 30 heavy (non-hydrogen) atoms. The molecule has 170 valence electrons. The standard InChI is InChI=1S/C20H33N3O7/c24-13-14-17(27)18(28)19(30-14)23-12-10-15(22-20(23)29)21-11-8-6-4-2-1-3-5-7-9-16(25)26/h10,12,14,17-19,24,27-28H,1-9,11,13H2,(H,25,26)(H,21,22,29)/t14-,17-,18+,19-/m1/s1. The van der Waals surface area contributed by atoms with E-state index in [9.17, 15) is 19.8 Å². The number of aliphatic hydroxyl groups is 3. The number of hydrogen-bond acceptors (Lipinski definition) is 8. The number of hydrogen-bond donors (Lipinski definition) is 5. The lowest BCUT2D eigenvalue weighted by molar-refractivity contribution is -0.137. The number of nitrogens with one attached hydrogen (secondary N) is 1. The Morgan fingerprint density at radius 2 is 1.70 bits per heavy atom. The Bertz CT molecular complexity index is 712. The Morgan fingerprint density at radius 1 is 1.07 bits per heavy atom. The molecule has 10 heteroatoms. The number of anilines is 1. The topological polar surface area (TPSA) is 154 Å². The first-order valence-electron chi connectivity index (χ1n) is 10.6. The number of ether oxygens (including phenoxy) is 1. The van der Waals surface area contributed by atoms with E-state index in [0.29, 0.717) is 12.4 Å². The smallest absolute Gasteiger partial charge is 0.351 e. The van der Waals surface area contributed by atoms with Crippen LogP contribution >= 0.6 is 0 Å². The summed E-state index contributed by atoms with van der Waals surface area (Å²) < 4.78 is 6.45. The summed E-state index contributed by atoms with van der Waals surface area (Å²) in [4.78, 5) is 26.6. The fraction of sp³-hybridized carbons (Fsp3) is 0.750. The van der Waals surface area contributed by atoms with Crippen LogP contribution in [0.2, 0.25) is 0 Å².